The molecule has 0 heterocycles. The Kier molecular flexibility index (Phi) is 12.8. The highest BCUT2D eigenvalue weighted by Crippen LogP contribution is 2.27. The van der Waals surface area contributed by atoms with Crippen LogP contribution >= 0.6 is 0 Å². The molecule has 0 amide bonds. The average Bonchev–Trinajstić information content (AvgIpc) is 2.77. The molecule has 0 bridgehead atoms. The number of benzene rings is 2. The van der Waals surface area contributed by atoms with Gasteiger partial charge >= 0.3 is 0 Å². The molecule has 0 radical (unpaired) electrons. The van der Waals surface area contributed by atoms with Gasteiger partial charge in [-0.1, -0.05) is 108 Å². The number of aliphatic hydroxyl groups is 1. The molecule has 0 saturated heterocycles. The topological polar surface area (TPSA) is 23.5 Å². The zero-order chi connectivity index (χ0) is 21.4. The Labute approximate surface area is 185 Å². The summed E-state index contributed by atoms with van der Waals surface area (Å²) in [6.07, 6.45) is 15.0. The highest BCUT2D eigenvalue weighted by molar-refractivity contribution is 5.85. The van der Waals surface area contributed by atoms with E-state index in [1.807, 2.05) is 0 Å². The number of unbranched alkanes of at least 4 members (excludes halogenated alkanes) is 8. The largest absolute Gasteiger partial charge is 0.388 e. The second-order valence-corrected chi connectivity index (χ2v) is 8.90. The van der Waals surface area contributed by atoms with Crippen molar-refractivity contribution < 1.29 is 5.11 Å². The van der Waals surface area contributed by atoms with Crippen molar-refractivity contribution in [2.75, 3.05) is 19.6 Å². The van der Waals surface area contributed by atoms with Crippen LogP contribution in [-0.2, 0) is 0 Å². The van der Waals surface area contributed by atoms with Crippen molar-refractivity contribution in [2.24, 2.45) is 0 Å². The summed E-state index contributed by atoms with van der Waals surface area (Å²) in [5, 5.41) is 13.3. The van der Waals surface area contributed by atoms with Crippen LogP contribution in [0.1, 0.15) is 103 Å². The van der Waals surface area contributed by atoms with Crippen molar-refractivity contribution >= 4 is 10.8 Å². The molecule has 0 aliphatic carbocycles. The van der Waals surface area contributed by atoms with Crippen LogP contribution in [0.4, 0.5) is 0 Å². The van der Waals surface area contributed by atoms with E-state index in [-0.39, 0.29) is 6.10 Å². The third-order valence-electron chi connectivity index (χ3n) is 6.29. The van der Waals surface area contributed by atoms with E-state index in [9.17, 15) is 5.11 Å². The van der Waals surface area contributed by atoms with E-state index < -0.39 is 0 Å². The summed E-state index contributed by atoms with van der Waals surface area (Å²) in [7, 11) is 0. The van der Waals surface area contributed by atoms with Crippen molar-refractivity contribution in [2.45, 2.75) is 97.0 Å². The molecule has 2 aromatic rings. The molecule has 2 heteroatoms. The monoisotopic (exact) mass is 411 g/mol. The Morgan fingerprint density at radius 1 is 0.667 bits per heavy atom. The molecule has 0 saturated carbocycles. The molecule has 1 atom stereocenters. The van der Waals surface area contributed by atoms with E-state index in [0.29, 0.717) is 0 Å². The molecule has 2 aromatic carbocycles. The van der Waals surface area contributed by atoms with E-state index in [1.54, 1.807) is 0 Å². The molecule has 0 aliphatic rings. The van der Waals surface area contributed by atoms with E-state index in [2.05, 4.69) is 61.2 Å². The van der Waals surface area contributed by atoms with Crippen molar-refractivity contribution in [3.8, 4) is 0 Å². The first-order valence-corrected chi connectivity index (χ1v) is 12.6. The highest BCUT2D eigenvalue weighted by atomic mass is 16.3. The number of aliphatic hydroxyl groups excluding tert-OH is 1. The van der Waals surface area contributed by atoms with Crippen LogP contribution in [0.2, 0.25) is 0 Å². The predicted molar refractivity (Wildman–Crippen MR) is 132 cm³/mol. The molecular formula is C28H45NO. The second-order valence-electron chi connectivity index (χ2n) is 8.90. The molecule has 0 unspecified atom stereocenters. The SMILES string of the molecule is CCCCCCCN(CCCCCCC)CCC[C@H](O)c1cccc2ccccc12. The van der Waals surface area contributed by atoms with Crippen LogP contribution < -0.4 is 0 Å². The van der Waals surface area contributed by atoms with Gasteiger partial charge in [-0.15, -0.1) is 0 Å². The fourth-order valence-electron chi connectivity index (χ4n) is 4.42. The summed E-state index contributed by atoms with van der Waals surface area (Å²) in [5.74, 6) is 0. The zero-order valence-corrected chi connectivity index (χ0v) is 19.6. The van der Waals surface area contributed by atoms with Crippen LogP contribution in [0.5, 0.6) is 0 Å². The van der Waals surface area contributed by atoms with Gasteiger partial charge in [-0.25, -0.2) is 0 Å². The predicted octanol–water partition coefficient (Wildman–Crippen LogP) is 7.90. The Bertz CT molecular complexity index is 664. The maximum Gasteiger partial charge on any atom is 0.0796 e. The highest BCUT2D eigenvalue weighted by Gasteiger charge is 2.12. The summed E-state index contributed by atoms with van der Waals surface area (Å²) in [6, 6.07) is 14.7. The van der Waals surface area contributed by atoms with Gasteiger partial charge in [0.15, 0.2) is 0 Å². The van der Waals surface area contributed by atoms with Crippen molar-refractivity contribution in [1.82, 2.24) is 4.90 Å². The maximum absolute atomic E-state index is 10.9. The molecule has 0 fully saturated rings. The molecule has 2 nitrogen and oxygen atoms in total. The molecule has 0 spiro atoms. The lowest BCUT2D eigenvalue weighted by Crippen LogP contribution is -2.27. The van der Waals surface area contributed by atoms with Gasteiger partial charge in [-0.2, -0.15) is 0 Å². The Morgan fingerprint density at radius 2 is 1.23 bits per heavy atom. The van der Waals surface area contributed by atoms with Crippen molar-refractivity contribution in [1.29, 1.82) is 0 Å². The number of nitrogens with zero attached hydrogens (tertiary/aromatic N) is 1. The van der Waals surface area contributed by atoms with Gasteiger partial charge in [0.1, 0.15) is 0 Å². The van der Waals surface area contributed by atoms with E-state index in [1.165, 1.54) is 88.1 Å². The summed E-state index contributed by atoms with van der Waals surface area (Å²) >= 11 is 0. The smallest absolute Gasteiger partial charge is 0.0796 e. The Hall–Kier alpha value is -1.38. The van der Waals surface area contributed by atoms with Crippen LogP contribution in [0.3, 0.4) is 0 Å². The molecule has 30 heavy (non-hydrogen) atoms. The van der Waals surface area contributed by atoms with Gasteiger partial charge in [-0.3, -0.25) is 0 Å². The summed E-state index contributed by atoms with van der Waals surface area (Å²) in [4.78, 5) is 2.66. The summed E-state index contributed by atoms with van der Waals surface area (Å²) < 4.78 is 0. The third-order valence-corrected chi connectivity index (χ3v) is 6.29. The Balaban J connectivity index is 1.80. The molecule has 1 N–H and O–H groups in total. The fraction of sp³-hybridized carbons (Fsp3) is 0.643. The van der Waals surface area contributed by atoms with Gasteiger partial charge in [0.05, 0.1) is 6.10 Å². The van der Waals surface area contributed by atoms with Crippen LogP contribution in [0.25, 0.3) is 10.8 Å². The summed E-state index contributed by atoms with van der Waals surface area (Å²) in [5.41, 5.74) is 1.08. The third kappa shape index (κ3) is 9.18. The molecule has 2 rings (SSSR count). The van der Waals surface area contributed by atoms with Gasteiger partial charge in [-0.05, 0) is 61.7 Å². The van der Waals surface area contributed by atoms with E-state index in [0.717, 1.165) is 24.9 Å². The lowest BCUT2D eigenvalue weighted by molar-refractivity contribution is 0.155. The first-order valence-electron chi connectivity index (χ1n) is 12.6. The standard InChI is InChI=1S/C28H45NO/c1-3-5-7-9-13-22-29(23-14-10-8-6-4-2)24-16-21-28(30)27-20-15-18-25-17-11-12-19-26(25)27/h11-12,15,17-20,28,30H,3-10,13-14,16,21-24H2,1-2H3/t28-/m0/s1. The van der Waals surface area contributed by atoms with Crippen LogP contribution in [0, 0.1) is 0 Å². The minimum atomic E-state index is -0.368. The quantitative estimate of drug-likeness (QED) is 0.267. The Morgan fingerprint density at radius 3 is 1.90 bits per heavy atom. The molecule has 168 valence electrons. The first-order chi connectivity index (χ1) is 14.8. The maximum atomic E-state index is 10.9. The lowest BCUT2D eigenvalue weighted by atomic mass is 9.98. The summed E-state index contributed by atoms with van der Waals surface area (Å²) in [6.45, 7) is 8.13. The number of rotatable bonds is 17. The van der Waals surface area contributed by atoms with E-state index >= 15 is 0 Å². The van der Waals surface area contributed by atoms with E-state index in [4.69, 9.17) is 0 Å². The molecular weight excluding hydrogens is 366 g/mol. The second kappa shape index (κ2) is 15.4. The van der Waals surface area contributed by atoms with Gasteiger partial charge in [0.25, 0.3) is 0 Å². The van der Waals surface area contributed by atoms with Gasteiger partial charge in [0, 0.05) is 0 Å². The van der Waals surface area contributed by atoms with Crippen LogP contribution in [0.15, 0.2) is 42.5 Å². The average molecular weight is 412 g/mol. The first kappa shape index (κ1) is 24.9. The van der Waals surface area contributed by atoms with Crippen molar-refractivity contribution in [3.63, 3.8) is 0 Å². The van der Waals surface area contributed by atoms with Crippen molar-refractivity contribution in [3.05, 3.63) is 48.0 Å². The molecule has 0 aromatic heterocycles. The minimum Gasteiger partial charge on any atom is -0.388 e. The lowest BCUT2D eigenvalue weighted by Gasteiger charge is -2.23. The van der Waals surface area contributed by atoms with Gasteiger partial charge < -0.3 is 10.0 Å². The zero-order valence-electron chi connectivity index (χ0n) is 19.6. The normalized spacial score (nSPS) is 12.7. The molecule has 0 aliphatic heterocycles. The van der Waals surface area contributed by atoms with Crippen LogP contribution in [-0.4, -0.2) is 29.6 Å². The van der Waals surface area contributed by atoms with Gasteiger partial charge in [0.2, 0.25) is 0 Å². The number of hydrogen-bond donors (Lipinski definition) is 1. The minimum absolute atomic E-state index is 0.368. The number of hydrogen-bond acceptors (Lipinski definition) is 2. The fourth-order valence-corrected chi connectivity index (χ4v) is 4.42. The number of fused-ring (bicyclic) bond motifs is 1.